The normalized spacial score (nSPS) is 13.1. The van der Waals surface area contributed by atoms with E-state index in [2.05, 4.69) is 5.32 Å². The summed E-state index contributed by atoms with van der Waals surface area (Å²) >= 11 is 5.37. The van der Waals surface area contributed by atoms with Crippen molar-refractivity contribution in [2.45, 2.75) is 17.3 Å². The maximum Gasteiger partial charge on any atom is 0.253 e. The van der Waals surface area contributed by atoms with E-state index in [0.29, 0.717) is 0 Å². The van der Waals surface area contributed by atoms with E-state index in [1.807, 2.05) is 0 Å². The topological polar surface area (TPSA) is 209 Å². The maximum absolute atomic E-state index is 12.9. The monoisotopic (exact) mass is 813 g/mol. The molecule has 0 aliphatic rings. The third kappa shape index (κ3) is 7.33. The van der Waals surface area contributed by atoms with Gasteiger partial charge in [-0.15, -0.1) is 0 Å². The van der Waals surface area contributed by atoms with Crippen LogP contribution in [0.25, 0.3) is 0 Å². The van der Waals surface area contributed by atoms with Crippen LogP contribution in [-0.2, 0) is 0 Å². The minimum Gasteiger partial charge on any atom is -0.478 e. The number of ether oxygens (including phenoxy) is 2. The van der Waals surface area contributed by atoms with Crippen LogP contribution in [0.1, 0.15) is 10.4 Å². The van der Waals surface area contributed by atoms with Crippen molar-refractivity contribution < 1.29 is 55.1 Å². The number of aliphatic hydroxyl groups is 8. The van der Waals surface area contributed by atoms with Crippen LogP contribution in [0.5, 0.6) is 11.5 Å². The molecule has 1 unspecified atom stereocenters. The highest BCUT2D eigenvalue weighted by molar-refractivity contribution is 14.1. The van der Waals surface area contributed by atoms with Gasteiger partial charge in [0.25, 0.3) is 5.91 Å². The molecule has 0 aromatic heterocycles. The van der Waals surface area contributed by atoms with E-state index in [4.69, 9.17) is 14.6 Å². The van der Waals surface area contributed by atoms with Crippen LogP contribution in [0.3, 0.4) is 0 Å². The Labute approximate surface area is 230 Å². The van der Waals surface area contributed by atoms with Crippen LogP contribution < -0.4 is 14.8 Å². The Balaban J connectivity index is 3.75. The highest BCUT2D eigenvalue weighted by Crippen LogP contribution is 2.44. The van der Waals surface area contributed by atoms with E-state index in [0.717, 1.165) is 0 Å². The second-order valence-electron chi connectivity index (χ2n) is 7.04. The van der Waals surface area contributed by atoms with Crippen LogP contribution in [-0.4, -0.2) is 117 Å². The summed E-state index contributed by atoms with van der Waals surface area (Å²) in [4.78, 5) is 12.9. The minimum atomic E-state index is -1.81. The summed E-state index contributed by atoms with van der Waals surface area (Å²) in [5.74, 6) is -0.814. The summed E-state index contributed by atoms with van der Waals surface area (Å²) < 4.78 is 12.1. The third-order valence-electron chi connectivity index (χ3n) is 4.54. The first-order valence-corrected chi connectivity index (χ1v) is 12.6. The van der Waals surface area contributed by atoms with Gasteiger partial charge in [0.05, 0.1) is 68.6 Å². The Morgan fingerprint density at radius 1 is 0.758 bits per heavy atom. The standard InChI is InChI=1S/C18H26I3NO11/c19-11-10(16(31)22-1-9(30)2-23)12(20)15(33-18(6-27,7-28)8-29)13(21)14(11)32-17(3-24,4-25)5-26/h9,23-30H,1-8H2,(H,22,31). The summed E-state index contributed by atoms with van der Waals surface area (Å²) in [6.07, 6.45) is -1.21. The van der Waals surface area contributed by atoms with Crippen molar-refractivity contribution in [2.75, 3.05) is 52.8 Å². The molecule has 1 aromatic rings. The van der Waals surface area contributed by atoms with Gasteiger partial charge in [-0.1, -0.05) is 0 Å². The van der Waals surface area contributed by atoms with Crippen LogP contribution in [0.2, 0.25) is 0 Å². The van der Waals surface area contributed by atoms with Crippen molar-refractivity contribution in [2.24, 2.45) is 0 Å². The van der Waals surface area contributed by atoms with E-state index < -0.39 is 69.5 Å². The molecule has 1 atom stereocenters. The number of amides is 1. The van der Waals surface area contributed by atoms with Crippen molar-refractivity contribution >= 4 is 73.7 Å². The van der Waals surface area contributed by atoms with Crippen molar-refractivity contribution in [1.82, 2.24) is 5.32 Å². The van der Waals surface area contributed by atoms with E-state index in [-0.39, 0.29) is 34.3 Å². The number of benzene rings is 1. The second kappa shape index (κ2) is 14.0. The summed E-state index contributed by atoms with van der Waals surface area (Å²) in [5, 5.41) is 79.1. The predicted octanol–water partition coefficient (Wildman–Crippen LogP) is -2.23. The lowest BCUT2D eigenvalue weighted by Crippen LogP contribution is -2.49. The van der Waals surface area contributed by atoms with Gasteiger partial charge >= 0.3 is 0 Å². The lowest BCUT2D eigenvalue weighted by molar-refractivity contribution is -0.0732. The van der Waals surface area contributed by atoms with Crippen LogP contribution in [0, 0.1) is 10.7 Å². The summed E-state index contributed by atoms with van der Waals surface area (Å²) in [6.45, 7) is -5.49. The van der Waals surface area contributed by atoms with Gasteiger partial charge < -0.3 is 55.6 Å². The molecule has 1 rings (SSSR count). The number of carbonyl (C=O) groups excluding carboxylic acids is 1. The van der Waals surface area contributed by atoms with E-state index in [1.165, 1.54) is 0 Å². The first-order valence-electron chi connectivity index (χ1n) is 9.35. The Kier molecular flexibility index (Phi) is 13.3. The molecule has 0 aliphatic heterocycles. The zero-order valence-electron chi connectivity index (χ0n) is 17.2. The fourth-order valence-corrected chi connectivity index (χ4v) is 6.38. The van der Waals surface area contributed by atoms with Crippen LogP contribution >= 0.6 is 67.8 Å². The zero-order valence-corrected chi connectivity index (χ0v) is 23.6. The van der Waals surface area contributed by atoms with Gasteiger partial charge in [-0.05, 0) is 67.8 Å². The summed E-state index contributed by atoms with van der Waals surface area (Å²) in [7, 11) is 0. The van der Waals surface area contributed by atoms with Crippen LogP contribution in [0.4, 0.5) is 0 Å². The van der Waals surface area contributed by atoms with Crippen LogP contribution in [0.15, 0.2) is 0 Å². The van der Waals surface area contributed by atoms with Crippen molar-refractivity contribution in [3.05, 3.63) is 16.3 Å². The molecule has 12 nitrogen and oxygen atoms in total. The molecule has 33 heavy (non-hydrogen) atoms. The molecule has 0 radical (unpaired) electrons. The quantitative estimate of drug-likeness (QED) is 0.0920. The Bertz CT molecular complexity index is 738. The SMILES string of the molecule is O=C(NCC(O)CO)c1c(I)c(OC(CO)(CO)CO)c(I)c(OC(CO)(CO)CO)c1I. The van der Waals surface area contributed by atoms with Gasteiger partial charge in [0, 0.05) is 6.54 Å². The molecule has 9 N–H and O–H groups in total. The number of rotatable bonds is 14. The summed E-state index contributed by atoms with van der Waals surface area (Å²) in [5.41, 5.74) is -3.64. The van der Waals surface area contributed by atoms with E-state index >= 15 is 0 Å². The Hall–Kier alpha value is 0.160. The third-order valence-corrected chi connectivity index (χ3v) is 7.58. The lowest BCUT2D eigenvalue weighted by atomic mass is 10.1. The maximum atomic E-state index is 12.9. The Morgan fingerprint density at radius 3 is 1.42 bits per heavy atom. The molecular weight excluding hydrogens is 787 g/mol. The largest absolute Gasteiger partial charge is 0.478 e. The molecule has 0 fully saturated rings. The fourth-order valence-electron chi connectivity index (χ4n) is 2.29. The average Bonchev–Trinajstić information content (AvgIpc) is 2.83. The van der Waals surface area contributed by atoms with Crippen molar-refractivity contribution in [3.8, 4) is 11.5 Å². The van der Waals surface area contributed by atoms with Gasteiger partial charge in [0.15, 0.2) is 22.7 Å². The summed E-state index contributed by atoms with van der Waals surface area (Å²) in [6, 6.07) is 0. The van der Waals surface area contributed by atoms with Gasteiger partial charge in [-0.3, -0.25) is 4.79 Å². The number of carbonyl (C=O) groups is 1. The molecule has 0 saturated heterocycles. The van der Waals surface area contributed by atoms with Gasteiger partial charge in [0.1, 0.15) is 0 Å². The van der Waals surface area contributed by atoms with E-state index in [1.54, 1.807) is 67.8 Å². The van der Waals surface area contributed by atoms with Gasteiger partial charge in [-0.25, -0.2) is 0 Å². The van der Waals surface area contributed by atoms with Gasteiger partial charge in [0.2, 0.25) is 0 Å². The molecule has 0 heterocycles. The molecule has 1 aromatic carbocycles. The number of aliphatic hydroxyl groups excluding tert-OH is 8. The molecule has 0 spiro atoms. The molecule has 0 bridgehead atoms. The number of halogens is 3. The number of nitrogens with one attached hydrogen (secondary N) is 1. The Morgan fingerprint density at radius 2 is 1.12 bits per heavy atom. The highest BCUT2D eigenvalue weighted by atomic mass is 127. The minimum absolute atomic E-state index is 0.0165. The first-order chi connectivity index (χ1) is 15.5. The molecule has 0 saturated carbocycles. The number of hydrogen-bond donors (Lipinski definition) is 9. The molecule has 190 valence electrons. The van der Waals surface area contributed by atoms with Crippen molar-refractivity contribution in [3.63, 3.8) is 0 Å². The lowest BCUT2D eigenvalue weighted by Gasteiger charge is -2.33. The van der Waals surface area contributed by atoms with Crippen molar-refractivity contribution in [1.29, 1.82) is 0 Å². The molecule has 1 amide bonds. The van der Waals surface area contributed by atoms with Gasteiger partial charge in [-0.2, -0.15) is 0 Å². The first kappa shape index (κ1) is 31.2. The number of hydrogen-bond acceptors (Lipinski definition) is 11. The average molecular weight is 813 g/mol. The second-order valence-corrected chi connectivity index (χ2v) is 10.3. The highest BCUT2D eigenvalue weighted by Gasteiger charge is 2.38. The molecule has 15 heteroatoms. The fraction of sp³-hybridized carbons (Fsp3) is 0.611. The van der Waals surface area contributed by atoms with E-state index in [9.17, 15) is 40.5 Å². The predicted molar refractivity (Wildman–Crippen MR) is 139 cm³/mol. The zero-order chi connectivity index (χ0) is 25.4. The molecular formula is C18H26I3NO11. The molecule has 0 aliphatic carbocycles. The smallest absolute Gasteiger partial charge is 0.253 e.